The van der Waals surface area contributed by atoms with Crippen LogP contribution in [-0.4, -0.2) is 51.6 Å². The Kier molecular flexibility index (Phi) is 5.83. The van der Waals surface area contributed by atoms with Crippen LogP contribution >= 0.6 is 11.8 Å². The molecule has 0 bridgehead atoms. The summed E-state index contributed by atoms with van der Waals surface area (Å²) < 4.78 is 40.3. The van der Waals surface area contributed by atoms with Crippen molar-refractivity contribution in [2.24, 2.45) is 7.05 Å². The second kappa shape index (κ2) is 8.12. The molecular formula is C17H21F3N6S. The molecule has 10 heteroatoms. The number of halogens is 3. The van der Waals surface area contributed by atoms with Crippen LogP contribution in [0, 0.1) is 0 Å². The fourth-order valence-electron chi connectivity index (χ4n) is 2.77. The summed E-state index contributed by atoms with van der Waals surface area (Å²) in [6, 6.07) is 5.50. The number of nitrogens with two attached hydrogens (primary N) is 1. The summed E-state index contributed by atoms with van der Waals surface area (Å²) in [7, 11) is 1.81. The summed E-state index contributed by atoms with van der Waals surface area (Å²) in [4.78, 5) is 4.15. The monoisotopic (exact) mass is 398 g/mol. The predicted molar refractivity (Wildman–Crippen MR) is 101 cm³/mol. The molecule has 2 heterocycles. The van der Waals surface area contributed by atoms with Gasteiger partial charge in [-0.2, -0.15) is 13.2 Å². The molecule has 1 fully saturated rings. The summed E-state index contributed by atoms with van der Waals surface area (Å²) in [6.45, 7) is 2.87. The molecule has 1 aromatic heterocycles. The third kappa shape index (κ3) is 4.88. The molecule has 0 spiro atoms. The SMILES string of the molecule is Cn1c(N)nnc1SCC=CN1CCN(c2cccc(C(F)(F)F)c2)CC1. The molecule has 3 rings (SSSR count). The van der Waals surface area contributed by atoms with Crippen LogP contribution in [0.2, 0.25) is 0 Å². The third-order valence-electron chi connectivity index (χ3n) is 4.35. The van der Waals surface area contributed by atoms with Crippen molar-refractivity contribution >= 4 is 23.4 Å². The molecule has 0 radical (unpaired) electrons. The van der Waals surface area contributed by atoms with E-state index >= 15 is 0 Å². The summed E-state index contributed by atoms with van der Waals surface area (Å²) in [5, 5.41) is 8.54. The first-order chi connectivity index (χ1) is 12.8. The van der Waals surface area contributed by atoms with E-state index in [0.717, 1.165) is 30.1 Å². The minimum Gasteiger partial charge on any atom is -0.374 e. The number of benzene rings is 1. The lowest BCUT2D eigenvalue weighted by molar-refractivity contribution is -0.137. The number of hydrogen-bond donors (Lipinski definition) is 1. The van der Waals surface area contributed by atoms with Crippen LogP contribution in [0.3, 0.4) is 0 Å². The first-order valence-corrected chi connectivity index (χ1v) is 9.44. The van der Waals surface area contributed by atoms with E-state index in [-0.39, 0.29) is 0 Å². The van der Waals surface area contributed by atoms with Crippen LogP contribution in [0.5, 0.6) is 0 Å². The largest absolute Gasteiger partial charge is 0.416 e. The van der Waals surface area contributed by atoms with Crippen molar-refractivity contribution in [3.05, 3.63) is 42.1 Å². The first kappa shape index (κ1) is 19.4. The third-order valence-corrected chi connectivity index (χ3v) is 5.32. The molecule has 0 unspecified atom stereocenters. The van der Waals surface area contributed by atoms with Gasteiger partial charge in [0.05, 0.1) is 5.56 Å². The van der Waals surface area contributed by atoms with Crippen LogP contribution in [-0.2, 0) is 13.2 Å². The second-order valence-electron chi connectivity index (χ2n) is 6.17. The van der Waals surface area contributed by atoms with E-state index in [4.69, 9.17) is 5.73 Å². The number of nitrogens with zero attached hydrogens (tertiary/aromatic N) is 5. The number of rotatable bonds is 5. The van der Waals surface area contributed by atoms with E-state index in [1.807, 2.05) is 24.2 Å². The molecule has 1 aromatic carbocycles. The summed E-state index contributed by atoms with van der Waals surface area (Å²) >= 11 is 1.54. The van der Waals surface area contributed by atoms with Gasteiger partial charge in [-0.05, 0) is 24.4 Å². The van der Waals surface area contributed by atoms with Gasteiger partial charge in [-0.25, -0.2) is 0 Å². The quantitative estimate of drug-likeness (QED) is 0.782. The normalized spacial score (nSPS) is 15.7. The van der Waals surface area contributed by atoms with E-state index < -0.39 is 11.7 Å². The Hall–Kier alpha value is -2.36. The number of piperazine rings is 1. The molecule has 146 valence electrons. The molecule has 0 saturated carbocycles. The molecule has 0 amide bonds. The van der Waals surface area contributed by atoms with Crippen LogP contribution < -0.4 is 10.6 Å². The molecule has 6 nitrogen and oxygen atoms in total. The smallest absolute Gasteiger partial charge is 0.374 e. The Bertz CT molecular complexity index is 796. The van der Waals surface area contributed by atoms with E-state index in [9.17, 15) is 13.2 Å². The number of nitrogen functional groups attached to an aromatic ring is 1. The standard InChI is InChI=1S/C17H21F3N6S/c1-24-15(21)22-23-16(24)27-11-3-6-25-7-9-26(10-8-25)14-5-2-4-13(12-14)17(18,19)20/h2-6,12H,7-11H2,1H3,(H2,21,22). The molecule has 0 aliphatic carbocycles. The van der Waals surface area contributed by atoms with Crippen molar-refractivity contribution in [3.8, 4) is 0 Å². The highest BCUT2D eigenvalue weighted by molar-refractivity contribution is 7.99. The lowest BCUT2D eigenvalue weighted by Gasteiger charge is -2.35. The second-order valence-corrected chi connectivity index (χ2v) is 7.15. The Morgan fingerprint density at radius 3 is 2.56 bits per heavy atom. The lowest BCUT2D eigenvalue weighted by atomic mass is 10.1. The molecule has 2 N–H and O–H groups in total. The van der Waals surface area contributed by atoms with Crippen molar-refractivity contribution < 1.29 is 13.2 Å². The highest BCUT2D eigenvalue weighted by atomic mass is 32.2. The predicted octanol–water partition coefficient (Wildman–Crippen LogP) is 2.84. The average molecular weight is 398 g/mol. The minimum atomic E-state index is -4.31. The van der Waals surface area contributed by atoms with Crippen LogP contribution in [0.25, 0.3) is 0 Å². The van der Waals surface area contributed by atoms with Crippen molar-refractivity contribution in [1.29, 1.82) is 0 Å². The van der Waals surface area contributed by atoms with Crippen LogP contribution in [0.1, 0.15) is 5.56 Å². The zero-order valence-electron chi connectivity index (χ0n) is 14.9. The van der Waals surface area contributed by atoms with Gasteiger partial charge < -0.3 is 15.5 Å². The van der Waals surface area contributed by atoms with Crippen LogP contribution in [0.15, 0.2) is 41.7 Å². The Labute approximate surface area is 159 Å². The van der Waals surface area contributed by atoms with E-state index in [2.05, 4.69) is 15.1 Å². The highest BCUT2D eigenvalue weighted by Crippen LogP contribution is 2.31. The first-order valence-electron chi connectivity index (χ1n) is 8.45. The van der Waals surface area contributed by atoms with Gasteiger partial charge in [0.15, 0.2) is 5.16 Å². The molecular weight excluding hydrogens is 377 g/mol. The van der Waals surface area contributed by atoms with Gasteiger partial charge in [-0.1, -0.05) is 23.9 Å². The van der Waals surface area contributed by atoms with Crippen molar-refractivity contribution in [3.63, 3.8) is 0 Å². The minimum absolute atomic E-state index is 0.382. The Morgan fingerprint density at radius 2 is 1.93 bits per heavy atom. The molecule has 1 aliphatic heterocycles. The van der Waals surface area contributed by atoms with Crippen LogP contribution in [0.4, 0.5) is 24.8 Å². The van der Waals surface area contributed by atoms with Gasteiger partial charge in [-0.3, -0.25) is 4.57 Å². The number of alkyl halides is 3. The highest BCUT2D eigenvalue weighted by Gasteiger charge is 2.31. The molecule has 1 aliphatic rings. The summed E-state index contributed by atoms with van der Waals surface area (Å²) in [5.74, 6) is 1.12. The van der Waals surface area contributed by atoms with Crippen molar-refractivity contribution in [2.75, 3.05) is 42.6 Å². The van der Waals surface area contributed by atoms with E-state index in [1.54, 1.807) is 10.6 Å². The lowest BCUT2D eigenvalue weighted by Crippen LogP contribution is -2.44. The number of thioether (sulfide) groups is 1. The molecule has 2 aromatic rings. The topological polar surface area (TPSA) is 63.2 Å². The number of hydrogen-bond acceptors (Lipinski definition) is 6. The van der Waals surface area contributed by atoms with Gasteiger partial charge in [0.25, 0.3) is 0 Å². The maximum atomic E-state index is 12.9. The summed E-state index contributed by atoms with van der Waals surface area (Å²) in [5.41, 5.74) is 5.65. The zero-order chi connectivity index (χ0) is 19.4. The average Bonchev–Trinajstić information content (AvgIpc) is 2.97. The fraction of sp³-hybridized carbons (Fsp3) is 0.412. The maximum absolute atomic E-state index is 12.9. The van der Waals surface area contributed by atoms with E-state index in [1.165, 1.54) is 23.9 Å². The van der Waals surface area contributed by atoms with Gasteiger partial charge in [0.2, 0.25) is 5.95 Å². The van der Waals surface area contributed by atoms with Gasteiger partial charge >= 0.3 is 6.18 Å². The van der Waals surface area contributed by atoms with Crippen molar-refractivity contribution in [2.45, 2.75) is 11.3 Å². The van der Waals surface area contributed by atoms with Crippen molar-refractivity contribution in [1.82, 2.24) is 19.7 Å². The van der Waals surface area contributed by atoms with E-state index in [0.29, 0.717) is 24.7 Å². The number of anilines is 2. The maximum Gasteiger partial charge on any atom is 0.416 e. The molecule has 1 saturated heterocycles. The zero-order valence-corrected chi connectivity index (χ0v) is 15.7. The molecule has 0 atom stereocenters. The van der Waals surface area contributed by atoms with Gasteiger partial charge in [0.1, 0.15) is 0 Å². The number of aromatic nitrogens is 3. The Balaban J connectivity index is 1.48. The molecule has 27 heavy (non-hydrogen) atoms. The summed E-state index contributed by atoms with van der Waals surface area (Å²) in [6.07, 6.45) is -0.253. The van der Waals surface area contributed by atoms with Gasteiger partial charge in [-0.15, -0.1) is 10.2 Å². The van der Waals surface area contributed by atoms with Gasteiger partial charge in [0, 0.05) is 44.7 Å². The fourth-order valence-corrected chi connectivity index (χ4v) is 3.49. The Morgan fingerprint density at radius 1 is 1.19 bits per heavy atom.